The number of fused-ring (bicyclic) bond motifs is 3. The minimum absolute atomic E-state index is 0.0391. The SMILES string of the molecule is COc1ccc2c(c1OC(C)=O)C1=CC(=O)CC[C@@H]1[C@@H](C(=O)C=[N+]=[N-])C2. The summed E-state index contributed by atoms with van der Waals surface area (Å²) in [7, 11) is 1.47. The zero-order chi connectivity index (χ0) is 18.8. The highest BCUT2D eigenvalue weighted by molar-refractivity contribution is 6.27. The number of ketones is 2. The summed E-state index contributed by atoms with van der Waals surface area (Å²) in [6.07, 6.45) is 3.68. The Kier molecular flexibility index (Phi) is 4.82. The van der Waals surface area contributed by atoms with Crippen molar-refractivity contribution in [1.29, 1.82) is 0 Å². The third kappa shape index (κ3) is 3.09. The van der Waals surface area contributed by atoms with Crippen molar-refractivity contribution in [2.45, 2.75) is 26.2 Å². The molecule has 1 aromatic rings. The first kappa shape index (κ1) is 17.8. The van der Waals surface area contributed by atoms with Gasteiger partial charge in [-0.2, -0.15) is 4.79 Å². The van der Waals surface area contributed by atoms with E-state index in [-0.39, 0.29) is 23.2 Å². The summed E-state index contributed by atoms with van der Waals surface area (Å²) in [5.74, 6) is -0.829. The summed E-state index contributed by atoms with van der Waals surface area (Å²) >= 11 is 0. The fourth-order valence-corrected chi connectivity index (χ4v) is 3.81. The van der Waals surface area contributed by atoms with Crippen LogP contribution in [0.5, 0.6) is 11.5 Å². The molecular formula is C19H18N2O5. The molecule has 7 nitrogen and oxygen atoms in total. The number of carbonyl (C=O) groups is 3. The van der Waals surface area contributed by atoms with Crippen molar-refractivity contribution >= 4 is 29.3 Å². The molecule has 2 aliphatic rings. The Labute approximate surface area is 150 Å². The molecule has 0 heterocycles. The van der Waals surface area contributed by atoms with Gasteiger partial charge >= 0.3 is 12.2 Å². The first-order chi connectivity index (χ1) is 12.5. The van der Waals surface area contributed by atoms with E-state index in [9.17, 15) is 14.4 Å². The minimum atomic E-state index is -0.499. The van der Waals surface area contributed by atoms with Crippen LogP contribution in [-0.4, -0.2) is 35.7 Å². The molecule has 26 heavy (non-hydrogen) atoms. The van der Waals surface area contributed by atoms with Crippen LogP contribution >= 0.6 is 0 Å². The lowest BCUT2D eigenvalue weighted by molar-refractivity contribution is -0.132. The van der Waals surface area contributed by atoms with Crippen molar-refractivity contribution < 1.29 is 28.6 Å². The second kappa shape index (κ2) is 7.06. The highest BCUT2D eigenvalue weighted by atomic mass is 16.6. The summed E-state index contributed by atoms with van der Waals surface area (Å²) in [4.78, 5) is 38.9. The molecule has 0 N–H and O–H groups in total. The van der Waals surface area contributed by atoms with Crippen molar-refractivity contribution in [3.63, 3.8) is 0 Å². The van der Waals surface area contributed by atoms with E-state index in [2.05, 4.69) is 4.79 Å². The summed E-state index contributed by atoms with van der Waals surface area (Å²) in [5, 5.41) is 0. The van der Waals surface area contributed by atoms with Gasteiger partial charge in [0.1, 0.15) is 0 Å². The molecule has 0 radical (unpaired) electrons. The van der Waals surface area contributed by atoms with Crippen LogP contribution in [-0.2, 0) is 20.8 Å². The van der Waals surface area contributed by atoms with E-state index in [1.807, 2.05) is 0 Å². The lowest BCUT2D eigenvalue weighted by atomic mass is 9.66. The molecule has 3 rings (SSSR count). The fourth-order valence-electron chi connectivity index (χ4n) is 3.81. The van der Waals surface area contributed by atoms with Gasteiger partial charge in [-0.05, 0) is 42.0 Å². The molecule has 1 aromatic carbocycles. The van der Waals surface area contributed by atoms with Gasteiger partial charge in [-0.3, -0.25) is 14.4 Å². The molecule has 7 heteroatoms. The van der Waals surface area contributed by atoms with E-state index >= 15 is 0 Å². The molecule has 0 spiro atoms. The van der Waals surface area contributed by atoms with Crippen LogP contribution in [0.4, 0.5) is 0 Å². The molecule has 134 valence electrons. The second-order valence-electron chi connectivity index (χ2n) is 6.39. The number of hydrogen-bond donors (Lipinski definition) is 0. The lowest BCUT2D eigenvalue weighted by Crippen LogP contribution is -2.34. The van der Waals surface area contributed by atoms with Crippen LogP contribution in [0.15, 0.2) is 18.2 Å². The van der Waals surface area contributed by atoms with Gasteiger partial charge in [-0.1, -0.05) is 6.07 Å². The number of rotatable bonds is 4. The molecule has 0 amide bonds. The molecule has 0 saturated carbocycles. The van der Waals surface area contributed by atoms with Crippen LogP contribution in [0.25, 0.3) is 11.1 Å². The predicted octanol–water partition coefficient (Wildman–Crippen LogP) is 2.02. The average molecular weight is 354 g/mol. The Morgan fingerprint density at radius 2 is 2.12 bits per heavy atom. The normalized spacial score (nSPS) is 20.8. The zero-order valence-corrected chi connectivity index (χ0v) is 14.5. The summed E-state index contributed by atoms with van der Waals surface area (Å²) in [6, 6.07) is 3.47. The summed E-state index contributed by atoms with van der Waals surface area (Å²) < 4.78 is 10.7. The lowest BCUT2D eigenvalue weighted by Gasteiger charge is -2.36. The molecule has 2 aliphatic carbocycles. The summed E-state index contributed by atoms with van der Waals surface area (Å²) in [6.45, 7) is 1.30. The van der Waals surface area contributed by atoms with Gasteiger partial charge in [-0.25, -0.2) is 0 Å². The highest BCUT2D eigenvalue weighted by Crippen LogP contribution is 2.50. The molecule has 0 aromatic heterocycles. The number of esters is 1. The Balaban J connectivity index is 2.22. The molecular weight excluding hydrogens is 336 g/mol. The standard InChI is InChI=1S/C19H18N2O5/c1-10(22)26-19-17(25-2)6-3-11-7-14(16(24)9-21-20)13-5-4-12(23)8-15(13)18(11)19/h3,6,8-9,13-14H,4-5,7H2,1-2H3/t13-,14+/m1/s1. The average Bonchev–Trinajstić information content (AvgIpc) is 2.60. The largest absolute Gasteiger partial charge is 0.493 e. The third-order valence-corrected chi connectivity index (χ3v) is 4.86. The smallest absolute Gasteiger partial charge is 0.323 e. The predicted molar refractivity (Wildman–Crippen MR) is 91.9 cm³/mol. The van der Waals surface area contributed by atoms with Gasteiger partial charge in [0.25, 0.3) is 0 Å². The zero-order valence-electron chi connectivity index (χ0n) is 14.5. The number of carbonyl (C=O) groups excluding carboxylic acids is 3. The fraction of sp³-hybridized carbons (Fsp3) is 0.368. The first-order valence-corrected chi connectivity index (χ1v) is 8.30. The second-order valence-corrected chi connectivity index (χ2v) is 6.39. The number of nitrogens with zero attached hydrogens (tertiary/aromatic N) is 2. The molecule has 0 saturated heterocycles. The van der Waals surface area contributed by atoms with Crippen LogP contribution in [0, 0.1) is 11.8 Å². The van der Waals surface area contributed by atoms with Crippen LogP contribution in [0.1, 0.15) is 30.9 Å². The van der Waals surface area contributed by atoms with Gasteiger partial charge in [0, 0.05) is 24.8 Å². The first-order valence-electron chi connectivity index (χ1n) is 8.30. The molecule has 0 fully saturated rings. The minimum Gasteiger partial charge on any atom is -0.493 e. The van der Waals surface area contributed by atoms with Crippen molar-refractivity contribution in [2.75, 3.05) is 7.11 Å². The monoisotopic (exact) mass is 354 g/mol. The van der Waals surface area contributed by atoms with Gasteiger partial charge in [0.05, 0.1) is 7.11 Å². The Morgan fingerprint density at radius 3 is 2.77 bits per heavy atom. The molecule has 0 unspecified atom stereocenters. The molecule has 0 aliphatic heterocycles. The van der Waals surface area contributed by atoms with Crippen LogP contribution in [0.2, 0.25) is 0 Å². The van der Waals surface area contributed by atoms with Gasteiger partial charge in [-0.15, -0.1) is 0 Å². The van der Waals surface area contributed by atoms with E-state index in [4.69, 9.17) is 15.0 Å². The van der Waals surface area contributed by atoms with E-state index in [0.29, 0.717) is 36.1 Å². The van der Waals surface area contributed by atoms with Gasteiger partial charge < -0.3 is 15.0 Å². The topological polar surface area (TPSA) is 106 Å². The Morgan fingerprint density at radius 1 is 1.35 bits per heavy atom. The van der Waals surface area contributed by atoms with Crippen molar-refractivity contribution in [2.24, 2.45) is 11.8 Å². The quantitative estimate of drug-likeness (QED) is 0.270. The molecule has 2 atom stereocenters. The van der Waals surface area contributed by atoms with Crippen LogP contribution in [0.3, 0.4) is 0 Å². The van der Waals surface area contributed by atoms with Gasteiger partial charge in [0.15, 0.2) is 17.3 Å². The number of hydrogen-bond acceptors (Lipinski definition) is 5. The van der Waals surface area contributed by atoms with Crippen molar-refractivity contribution in [3.8, 4) is 11.5 Å². The maximum absolute atomic E-state index is 12.4. The number of ether oxygens (including phenoxy) is 2. The van der Waals surface area contributed by atoms with E-state index < -0.39 is 11.9 Å². The maximum Gasteiger partial charge on any atom is 0.323 e. The molecule has 0 bridgehead atoms. The summed E-state index contributed by atoms with van der Waals surface area (Å²) in [5.41, 5.74) is 10.8. The maximum atomic E-state index is 12.4. The number of allylic oxidation sites excluding steroid dienone is 2. The Hall–Kier alpha value is -3.05. The third-order valence-electron chi connectivity index (χ3n) is 4.86. The van der Waals surface area contributed by atoms with E-state index in [1.165, 1.54) is 20.1 Å². The number of Topliss-reactive ketones (excluding diaryl/α,β-unsaturated/α-hetero) is 1. The number of methoxy groups -OCH3 is 1. The van der Waals surface area contributed by atoms with E-state index in [1.54, 1.807) is 12.1 Å². The van der Waals surface area contributed by atoms with Crippen molar-refractivity contribution in [1.82, 2.24) is 0 Å². The Bertz CT molecular complexity index is 880. The van der Waals surface area contributed by atoms with Crippen LogP contribution < -0.4 is 9.47 Å². The number of benzene rings is 1. The highest BCUT2D eigenvalue weighted by Gasteiger charge is 2.41. The van der Waals surface area contributed by atoms with Crippen molar-refractivity contribution in [3.05, 3.63) is 34.9 Å². The van der Waals surface area contributed by atoms with E-state index in [0.717, 1.165) is 11.8 Å². The van der Waals surface area contributed by atoms with Gasteiger partial charge in [0.2, 0.25) is 5.78 Å².